The Labute approximate surface area is 101 Å². The second-order valence-electron chi connectivity index (χ2n) is 4.25. The zero-order valence-electron chi connectivity index (χ0n) is 10.2. The second kappa shape index (κ2) is 6.27. The lowest BCUT2D eigenvalue weighted by Gasteiger charge is -2.28. The molecule has 0 fully saturated rings. The lowest BCUT2D eigenvalue weighted by Crippen LogP contribution is -2.48. The Kier molecular flexibility index (Phi) is 5.31. The summed E-state index contributed by atoms with van der Waals surface area (Å²) in [5.74, 6) is 0.814. The molecule has 1 rings (SSSR count). The van der Waals surface area contributed by atoms with Gasteiger partial charge in [0.25, 0.3) is 0 Å². The molecule has 0 aliphatic heterocycles. The molecule has 0 spiro atoms. The zero-order valence-corrected chi connectivity index (χ0v) is 11.0. The highest BCUT2D eigenvalue weighted by atomic mass is 32.2. The Balaban J connectivity index is 2.47. The minimum absolute atomic E-state index is 0.143. The molecule has 5 heteroatoms. The Morgan fingerprint density at radius 1 is 1.62 bits per heavy atom. The summed E-state index contributed by atoms with van der Waals surface area (Å²) in [7, 11) is 1.98. The number of imidazole rings is 1. The standard InChI is InChI=1S/C11H21N3OS/c1-4-5-13-11(2,8-15)9-16-10-12-6-7-14(10)3/h6-7,13,15H,4-5,8-9H2,1-3H3. The van der Waals surface area contributed by atoms with Crippen LogP contribution in [0.5, 0.6) is 0 Å². The first-order valence-electron chi connectivity index (χ1n) is 5.57. The fourth-order valence-corrected chi connectivity index (χ4v) is 2.34. The van der Waals surface area contributed by atoms with E-state index in [1.54, 1.807) is 18.0 Å². The molecule has 1 atom stereocenters. The lowest BCUT2D eigenvalue weighted by molar-refractivity contribution is 0.192. The number of hydrogen-bond acceptors (Lipinski definition) is 4. The first-order valence-corrected chi connectivity index (χ1v) is 6.56. The molecule has 1 unspecified atom stereocenters. The summed E-state index contributed by atoms with van der Waals surface area (Å²) in [6.45, 7) is 5.23. The van der Waals surface area contributed by atoms with Gasteiger partial charge in [-0.05, 0) is 19.9 Å². The van der Waals surface area contributed by atoms with Crippen LogP contribution in [0.4, 0.5) is 0 Å². The molecule has 4 nitrogen and oxygen atoms in total. The summed E-state index contributed by atoms with van der Waals surface area (Å²) < 4.78 is 1.99. The van der Waals surface area contributed by atoms with Crippen LogP contribution in [-0.4, -0.2) is 39.1 Å². The largest absolute Gasteiger partial charge is 0.394 e. The molecule has 0 aliphatic rings. The van der Waals surface area contributed by atoms with Crippen molar-refractivity contribution in [1.82, 2.24) is 14.9 Å². The maximum Gasteiger partial charge on any atom is 0.167 e. The predicted molar refractivity (Wildman–Crippen MR) is 67.7 cm³/mol. The Hall–Kier alpha value is -0.520. The van der Waals surface area contributed by atoms with Gasteiger partial charge >= 0.3 is 0 Å². The third kappa shape index (κ3) is 3.81. The van der Waals surface area contributed by atoms with Crippen LogP contribution in [0.15, 0.2) is 17.6 Å². The van der Waals surface area contributed by atoms with E-state index in [0.29, 0.717) is 0 Å². The molecule has 1 aromatic rings. The van der Waals surface area contributed by atoms with Crippen LogP contribution in [-0.2, 0) is 7.05 Å². The minimum atomic E-state index is -0.230. The van der Waals surface area contributed by atoms with E-state index in [0.717, 1.165) is 23.9 Å². The van der Waals surface area contributed by atoms with Crippen LogP contribution < -0.4 is 5.32 Å². The maximum absolute atomic E-state index is 9.41. The number of aliphatic hydroxyl groups is 1. The van der Waals surface area contributed by atoms with Gasteiger partial charge in [-0.25, -0.2) is 4.98 Å². The van der Waals surface area contributed by atoms with Gasteiger partial charge in [-0.1, -0.05) is 18.7 Å². The molecule has 0 amide bonds. The van der Waals surface area contributed by atoms with Gasteiger partial charge in [-0.3, -0.25) is 0 Å². The van der Waals surface area contributed by atoms with Crippen molar-refractivity contribution in [2.45, 2.75) is 31.0 Å². The van der Waals surface area contributed by atoms with Gasteiger partial charge in [-0.2, -0.15) is 0 Å². The van der Waals surface area contributed by atoms with E-state index in [1.807, 2.05) is 24.7 Å². The number of aromatic nitrogens is 2. The molecule has 0 aromatic carbocycles. The van der Waals surface area contributed by atoms with E-state index < -0.39 is 0 Å². The van der Waals surface area contributed by atoms with Crippen LogP contribution in [0.2, 0.25) is 0 Å². The molecule has 0 radical (unpaired) electrons. The van der Waals surface area contributed by atoms with E-state index in [1.165, 1.54) is 0 Å². The van der Waals surface area contributed by atoms with Gasteiger partial charge in [0, 0.05) is 30.7 Å². The normalized spacial score (nSPS) is 15.0. The second-order valence-corrected chi connectivity index (χ2v) is 5.20. The van der Waals surface area contributed by atoms with E-state index >= 15 is 0 Å². The monoisotopic (exact) mass is 243 g/mol. The number of thioether (sulfide) groups is 1. The molecular formula is C11H21N3OS. The van der Waals surface area contributed by atoms with E-state index in [4.69, 9.17) is 0 Å². The summed E-state index contributed by atoms with van der Waals surface area (Å²) in [5.41, 5.74) is -0.230. The topological polar surface area (TPSA) is 50.1 Å². The third-order valence-electron chi connectivity index (χ3n) is 2.45. The van der Waals surface area contributed by atoms with Crippen molar-refractivity contribution in [2.24, 2.45) is 7.05 Å². The Morgan fingerprint density at radius 2 is 2.38 bits per heavy atom. The summed E-state index contributed by atoms with van der Waals surface area (Å²) in [6, 6.07) is 0. The van der Waals surface area contributed by atoms with Crippen LogP contribution >= 0.6 is 11.8 Å². The van der Waals surface area contributed by atoms with Gasteiger partial charge in [0.2, 0.25) is 0 Å². The highest BCUT2D eigenvalue weighted by molar-refractivity contribution is 7.99. The number of nitrogens with one attached hydrogen (secondary N) is 1. The SMILES string of the molecule is CCCNC(C)(CO)CSc1nccn1C. The molecule has 0 saturated carbocycles. The minimum Gasteiger partial charge on any atom is -0.394 e. The molecule has 0 saturated heterocycles. The van der Waals surface area contributed by atoms with Crippen molar-refractivity contribution < 1.29 is 5.11 Å². The third-order valence-corrected chi connectivity index (χ3v) is 3.88. The van der Waals surface area contributed by atoms with Gasteiger partial charge in [0.15, 0.2) is 5.16 Å². The zero-order chi connectivity index (χ0) is 12.0. The smallest absolute Gasteiger partial charge is 0.167 e. The van der Waals surface area contributed by atoms with Crippen molar-refractivity contribution in [1.29, 1.82) is 0 Å². The quantitative estimate of drug-likeness (QED) is 0.708. The summed E-state index contributed by atoms with van der Waals surface area (Å²) >= 11 is 1.67. The van der Waals surface area contributed by atoms with Crippen molar-refractivity contribution in [3.8, 4) is 0 Å². The van der Waals surface area contributed by atoms with Gasteiger partial charge in [0.05, 0.1) is 6.61 Å². The fourth-order valence-electron chi connectivity index (χ4n) is 1.29. The first kappa shape index (κ1) is 13.5. The van der Waals surface area contributed by atoms with Crippen LogP contribution in [0, 0.1) is 0 Å². The Bertz CT molecular complexity index is 316. The van der Waals surface area contributed by atoms with E-state index in [2.05, 4.69) is 17.2 Å². The highest BCUT2D eigenvalue weighted by Gasteiger charge is 2.23. The van der Waals surface area contributed by atoms with Crippen molar-refractivity contribution >= 4 is 11.8 Å². The summed E-state index contributed by atoms with van der Waals surface area (Å²) in [5, 5.41) is 13.8. The van der Waals surface area contributed by atoms with Crippen molar-refractivity contribution in [3.63, 3.8) is 0 Å². The van der Waals surface area contributed by atoms with Crippen molar-refractivity contribution in [3.05, 3.63) is 12.4 Å². The van der Waals surface area contributed by atoms with Gasteiger partial charge in [-0.15, -0.1) is 0 Å². The van der Waals surface area contributed by atoms with Gasteiger partial charge in [0.1, 0.15) is 0 Å². The van der Waals surface area contributed by atoms with Crippen molar-refractivity contribution in [2.75, 3.05) is 18.9 Å². The lowest BCUT2D eigenvalue weighted by atomic mass is 10.1. The van der Waals surface area contributed by atoms with Crippen LogP contribution in [0.1, 0.15) is 20.3 Å². The Morgan fingerprint density at radius 3 is 2.88 bits per heavy atom. The predicted octanol–water partition coefficient (Wildman–Crippen LogP) is 1.26. The summed E-state index contributed by atoms with van der Waals surface area (Å²) in [6.07, 6.45) is 4.79. The molecular weight excluding hydrogens is 222 g/mol. The maximum atomic E-state index is 9.41. The number of hydrogen-bond donors (Lipinski definition) is 2. The number of rotatable bonds is 7. The molecule has 92 valence electrons. The average molecular weight is 243 g/mol. The average Bonchev–Trinajstić information content (AvgIpc) is 2.70. The molecule has 1 aromatic heterocycles. The van der Waals surface area contributed by atoms with E-state index in [9.17, 15) is 5.11 Å². The molecule has 2 N–H and O–H groups in total. The fraction of sp³-hybridized carbons (Fsp3) is 0.727. The molecule has 0 aliphatic carbocycles. The van der Waals surface area contributed by atoms with Gasteiger partial charge < -0.3 is 15.0 Å². The first-order chi connectivity index (χ1) is 7.61. The van der Waals surface area contributed by atoms with Crippen LogP contribution in [0.3, 0.4) is 0 Å². The van der Waals surface area contributed by atoms with Crippen LogP contribution in [0.25, 0.3) is 0 Å². The molecule has 0 bridgehead atoms. The summed E-state index contributed by atoms with van der Waals surface area (Å²) in [4.78, 5) is 4.25. The number of nitrogens with zero attached hydrogens (tertiary/aromatic N) is 2. The molecule has 1 heterocycles. The number of aliphatic hydroxyl groups excluding tert-OH is 1. The number of aryl methyl sites for hydroxylation is 1. The van der Waals surface area contributed by atoms with E-state index in [-0.39, 0.29) is 12.1 Å². The molecule has 16 heavy (non-hydrogen) atoms. The highest BCUT2D eigenvalue weighted by Crippen LogP contribution is 2.20.